The molecule has 0 saturated heterocycles. The van der Waals surface area contributed by atoms with Crippen LogP contribution >= 0.6 is 0 Å². The second-order valence-electron chi connectivity index (χ2n) is 5.49. The quantitative estimate of drug-likeness (QED) is 0.487. The fourth-order valence-corrected chi connectivity index (χ4v) is 2.56. The number of nitrogens with zero attached hydrogens (tertiary/aromatic N) is 2. The maximum atomic E-state index is 5.64. The second kappa shape index (κ2) is 5.48. The summed E-state index contributed by atoms with van der Waals surface area (Å²) in [4.78, 5) is 0. The predicted molar refractivity (Wildman–Crippen MR) is 94.7 cm³/mol. The van der Waals surface area contributed by atoms with Crippen LogP contribution < -0.4 is 11.5 Å². The molecule has 0 spiro atoms. The van der Waals surface area contributed by atoms with Crippen molar-refractivity contribution in [3.05, 3.63) is 60.9 Å². The summed E-state index contributed by atoms with van der Waals surface area (Å²) in [6.07, 6.45) is 4.06. The number of aryl methyl sites for hydroxylation is 2. The molecule has 2 aromatic heterocycles. The molecule has 0 amide bonds. The van der Waals surface area contributed by atoms with Crippen LogP contribution in [0.2, 0.25) is 0 Å². The molecule has 22 heavy (non-hydrogen) atoms. The smallest absolute Gasteiger partial charge is 0.0498 e. The van der Waals surface area contributed by atoms with Gasteiger partial charge in [0.1, 0.15) is 0 Å². The highest BCUT2D eigenvalue weighted by Gasteiger charge is 1.96. The summed E-state index contributed by atoms with van der Waals surface area (Å²) in [5.74, 6) is 0. The highest BCUT2D eigenvalue weighted by Crippen LogP contribution is 2.17. The maximum Gasteiger partial charge on any atom is 0.0498 e. The fourth-order valence-electron chi connectivity index (χ4n) is 2.56. The van der Waals surface area contributed by atoms with Gasteiger partial charge in [0.2, 0.25) is 0 Å². The van der Waals surface area contributed by atoms with Crippen LogP contribution in [0.25, 0.3) is 21.8 Å². The lowest BCUT2D eigenvalue weighted by atomic mass is 10.2. The van der Waals surface area contributed by atoms with Gasteiger partial charge >= 0.3 is 0 Å². The van der Waals surface area contributed by atoms with E-state index in [0.717, 1.165) is 11.4 Å². The fraction of sp³-hybridized carbons (Fsp3) is 0.111. The van der Waals surface area contributed by atoms with Crippen LogP contribution in [0.1, 0.15) is 0 Å². The summed E-state index contributed by atoms with van der Waals surface area (Å²) in [5.41, 5.74) is 15.3. The van der Waals surface area contributed by atoms with Gasteiger partial charge in [-0.15, -0.1) is 0 Å². The zero-order chi connectivity index (χ0) is 15.7. The predicted octanol–water partition coefficient (Wildman–Crippen LogP) is 3.52. The van der Waals surface area contributed by atoms with Gasteiger partial charge in [0, 0.05) is 48.9 Å². The van der Waals surface area contributed by atoms with E-state index < -0.39 is 0 Å². The van der Waals surface area contributed by atoms with E-state index >= 15 is 0 Å². The van der Waals surface area contributed by atoms with Gasteiger partial charge in [-0.25, -0.2) is 0 Å². The van der Waals surface area contributed by atoms with Crippen LogP contribution in [-0.4, -0.2) is 9.13 Å². The first-order valence-electron chi connectivity index (χ1n) is 7.16. The molecule has 2 aromatic carbocycles. The first-order chi connectivity index (χ1) is 10.5. The van der Waals surface area contributed by atoms with E-state index in [1.165, 1.54) is 21.8 Å². The molecule has 0 aliphatic heterocycles. The molecule has 112 valence electrons. The third kappa shape index (κ3) is 2.63. The van der Waals surface area contributed by atoms with E-state index in [4.69, 9.17) is 11.5 Å². The minimum atomic E-state index is 0.819. The van der Waals surface area contributed by atoms with Crippen LogP contribution in [0.5, 0.6) is 0 Å². The molecule has 0 radical (unpaired) electrons. The van der Waals surface area contributed by atoms with Crippen molar-refractivity contribution >= 4 is 33.2 Å². The number of anilines is 2. The van der Waals surface area contributed by atoms with E-state index in [2.05, 4.69) is 21.3 Å². The van der Waals surface area contributed by atoms with Crippen molar-refractivity contribution < 1.29 is 0 Å². The Kier molecular flexibility index (Phi) is 3.51. The highest BCUT2D eigenvalue weighted by molar-refractivity contribution is 5.83. The average molecular weight is 292 g/mol. The van der Waals surface area contributed by atoms with Crippen molar-refractivity contribution in [2.45, 2.75) is 0 Å². The summed E-state index contributed by atoms with van der Waals surface area (Å²) in [6, 6.07) is 16.0. The summed E-state index contributed by atoms with van der Waals surface area (Å²) in [5, 5.41) is 2.48. The number of aromatic nitrogens is 2. The number of nitrogens with two attached hydrogens (primary N) is 2. The number of hydrogen-bond acceptors (Lipinski definition) is 2. The van der Waals surface area contributed by atoms with Crippen molar-refractivity contribution in [2.24, 2.45) is 14.1 Å². The van der Waals surface area contributed by atoms with E-state index in [9.17, 15) is 0 Å². The SMILES string of the molecule is Cn1ccc2ccc(N)cc21.Cn1ccc2ccc(N)cc21. The Balaban J connectivity index is 0.000000131. The number of rotatable bonds is 0. The first-order valence-corrected chi connectivity index (χ1v) is 7.16. The maximum absolute atomic E-state index is 5.64. The van der Waals surface area contributed by atoms with Crippen LogP contribution in [0, 0.1) is 0 Å². The van der Waals surface area contributed by atoms with Gasteiger partial charge in [-0.3, -0.25) is 0 Å². The standard InChI is InChI=1S/2C9H10N2/c2*1-11-5-4-7-2-3-8(10)6-9(7)11/h2*2-6H,10H2,1H3. The molecule has 0 unspecified atom stereocenters. The summed E-state index contributed by atoms with van der Waals surface area (Å²) >= 11 is 0. The molecule has 2 heterocycles. The van der Waals surface area contributed by atoms with E-state index in [0.29, 0.717) is 0 Å². The minimum Gasteiger partial charge on any atom is -0.399 e. The lowest BCUT2D eigenvalue weighted by molar-refractivity contribution is 0.969. The Labute approximate surface area is 129 Å². The number of fused-ring (bicyclic) bond motifs is 2. The van der Waals surface area contributed by atoms with Gasteiger partial charge < -0.3 is 20.6 Å². The van der Waals surface area contributed by atoms with E-state index in [-0.39, 0.29) is 0 Å². The molecule has 4 aromatic rings. The minimum absolute atomic E-state index is 0.819. The largest absolute Gasteiger partial charge is 0.399 e. The molecule has 0 bridgehead atoms. The van der Waals surface area contributed by atoms with Crippen LogP contribution in [0.4, 0.5) is 11.4 Å². The van der Waals surface area contributed by atoms with Gasteiger partial charge in [0.05, 0.1) is 0 Å². The lowest BCUT2D eigenvalue weighted by Gasteiger charge is -1.96. The third-order valence-corrected chi connectivity index (χ3v) is 3.82. The molecule has 4 N–H and O–H groups in total. The Morgan fingerprint density at radius 3 is 1.45 bits per heavy atom. The van der Waals surface area contributed by atoms with Gasteiger partial charge in [-0.05, 0) is 47.2 Å². The summed E-state index contributed by atoms with van der Waals surface area (Å²) in [6.45, 7) is 0. The molecule has 4 nitrogen and oxygen atoms in total. The second-order valence-corrected chi connectivity index (χ2v) is 5.49. The number of nitrogen functional groups attached to an aromatic ring is 2. The van der Waals surface area contributed by atoms with E-state index in [1.54, 1.807) is 0 Å². The zero-order valence-electron chi connectivity index (χ0n) is 12.8. The Morgan fingerprint density at radius 2 is 1.05 bits per heavy atom. The van der Waals surface area contributed by atoms with Gasteiger partial charge in [-0.2, -0.15) is 0 Å². The Morgan fingerprint density at radius 1 is 0.636 bits per heavy atom. The summed E-state index contributed by atoms with van der Waals surface area (Å²) < 4.78 is 4.12. The average Bonchev–Trinajstić information content (AvgIpc) is 3.04. The van der Waals surface area contributed by atoms with Crippen LogP contribution in [-0.2, 0) is 14.1 Å². The van der Waals surface area contributed by atoms with Crippen molar-refractivity contribution in [2.75, 3.05) is 11.5 Å². The molecule has 0 aliphatic carbocycles. The molecule has 4 heteroatoms. The Hall–Kier alpha value is -2.88. The topological polar surface area (TPSA) is 61.9 Å². The van der Waals surface area contributed by atoms with Gasteiger partial charge in [0.15, 0.2) is 0 Å². The molecule has 0 aliphatic rings. The molecule has 0 fully saturated rings. The van der Waals surface area contributed by atoms with Crippen molar-refractivity contribution in [1.29, 1.82) is 0 Å². The third-order valence-electron chi connectivity index (χ3n) is 3.82. The highest BCUT2D eigenvalue weighted by atomic mass is 14.9. The lowest BCUT2D eigenvalue weighted by Crippen LogP contribution is -1.87. The number of hydrogen-bond donors (Lipinski definition) is 2. The monoisotopic (exact) mass is 292 g/mol. The van der Waals surface area contributed by atoms with Crippen LogP contribution in [0.3, 0.4) is 0 Å². The van der Waals surface area contributed by atoms with Crippen LogP contribution in [0.15, 0.2) is 60.9 Å². The molecule has 0 saturated carbocycles. The van der Waals surface area contributed by atoms with E-state index in [1.807, 2.05) is 62.9 Å². The van der Waals surface area contributed by atoms with Gasteiger partial charge in [-0.1, -0.05) is 12.1 Å². The zero-order valence-corrected chi connectivity index (χ0v) is 12.8. The van der Waals surface area contributed by atoms with Crippen molar-refractivity contribution in [3.8, 4) is 0 Å². The molecule has 4 rings (SSSR count). The molecule has 0 atom stereocenters. The van der Waals surface area contributed by atoms with Gasteiger partial charge in [0.25, 0.3) is 0 Å². The molecular weight excluding hydrogens is 272 g/mol. The Bertz CT molecular complexity index is 853. The summed E-state index contributed by atoms with van der Waals surface area (Å²) in [7, 11) is 4.03. The van der Waals surface area contributed by atoms with Crippen molar-refractivity contribution in [3.63, 3.8) is 0 Å². The molecular formula is C18H20N4. The normalized spacial score (nSPS) is 10.6. The number of benzene rings is 2. The first kappa shape index (κ1) is 14.1. The van der Waals surface area contributed by atoms with Crippen molar-refractivity contribution in [1.82, 2.24) is 9.13 Å².